The molecule has 2 fully saturated rings. The number of carbonyl (C=O) groups excluding carboxylic acids is 1. The highest BCUT2D eigenvalue weighted by molar-refractivity contribution is 7.15. The molecule has 6 atom stereocenters. The molecule has 0 spiro atoms. The summed E-state index contributed by atoms with van der Waals surface area (Å²) in [6, 6.07) is 10.4. The summed E-state index contributed by atoms with van der Waals surface area (Å²) in [6.45, 7) is 9.13. The molecule has 0 bridgehead atoms. The lowest BCUT2D eigenvalue weighted by molar-refractivity contribution is -0.148. The van der Waals surface area contributed by atoms with Crippen LogP contribution in [0, 0.1) is 23.2 Å². The summed E-state index contributed by atoms with van der Waals surface area (Å²) < 4.78 is 5.41. The lowest BCUT2D eigenvalue weighted by Crippen LogP contribution is -2.54. The highest BCUT2D eigenvalue weighted by Gasteiger charge is 2.54. The number of fused-ring (bicyclic) bond motifs is 2. The SMILES string of the molecule is C[C@H](C(=O)N1CCOCC1)C1CC[C@@]2(C)Cc3sc(-c4ccccc4)nc3[C@@H](C)[C@@H]2[C@H]1O. The van der Waals surface area contributed by atoms with Crippen molar-refractivity contribution in [2.75, 3.05) is 26.3 Å². The summed E-state index contributed by atoms with van der Waals surface area (Å²) >= 11 is 1.81. The van der Waals surface area contributed by atoms with E-state index in [1.165, 1.54) is 4.88 Å². The first-order chi connectivity index (χ1) is 15.4. The van der Waals surface area contributed by atoms with Crippen molar-refractivity contribution < 1.29 is 14.6 Å². The van der Waals surface area contributed by atoms with Gasteiger partial charge in [-0.05, 0) is 36.5 Å². The third-order valence-corrected chi connectivity index (χ3v) is 9.42. The molecule has 1 amide bonds. The van der Waals surface area contributed by atoms with E-state index in [9.17, 15) is 9.90 Å². The van der Waals surface area contributed by atoms with Gasteiger partial charge in [-0.3, -0.25) is 4.79 Å². The summed E-state index contributed by atoms with van der Waals surface area (Å²) in [6.07, 6.45) is 2.43. The van der Waals surface area contributed by atoms with Crippen LogP contribution in [-0.2, 0) is 16.0 Å². The molecule has 5 rings (SSSR count). The Morgan fingerprint density at radius 3 is 2.72 bits per heavy atom. The molecular weight excluding hydrogens is 420 g/mol. The van der Waals surface area contributed by atoms with Gasteiger partial charge in [0.2, 0.25) is 5.91 Å². The van der Waals surface area contributed by atoms with Gasteiger partial charge in [0, 0.05) is 35.4 Å². The van der Waals surface area contributed by atoms with Gasteiger partial charge in [0.15, 0.2) is 0 Å². The van der Waals surface area contributed by atoms with Gasteiger partial charge in [-0.1, -0.05) is 51.1 Å². The number of carbonyl (C=O) groups is 1. The Morgan fingerprint density at radius 2 is 2.00 bits per heavy atom. The zero-order chi connectivity index (χ0) is 22.5. The predicted octanol–water partition coefficient (Wildman–Crippen LogP) is 4.36. The Kier molecular flexibility index (Phi) is 5.89. The molecular formula is C26H34N2O3S. The van der Waals surface area contributed by atoms with Crippen LogP contribution in [-0.4, -0.2) is 53.3 Å². The topological polar surface area (TPSA) is 62.7 Å². The van der Waals surface area contributed by atoms with E-state index in [1.807, 2.05) is 29.2 Å². The molecule has 2 heterocycles. The van der Waals surface area contributed by atoms with Crippen LogP contribution in [0.2, 0.25) is 0 Å². The average molecular weight is 455 g/mol. The molecule has 3 aliphatic rings. The van der Waals surface area contributed by atoms with E-state index in [2.05, 4.69) is 38.1 Å². The minimum absolute atomic E-state index is 0.000325. The van der Waals surface area contributed by atoms with Gasteiger partial charge in [0.1, 0.15) is 5.01 Å². The number of nitrogens with zero attached hydrogens (tertiary/aromatic N) is 2. The summed E-state index contributed by atoms with van der Waals surface area (Å²) in [4.78, 5) is 21.5. The lowest BCUT2D eigenvalue weighted by Gasteiger charge is -2.53. The minimum Gasteiger partial charge on any atom is -0.392 e. The van der Waals surface area contributed by atoms with E-state index in [1.54, 1.807) is 0 Å². The normalized spacial score (nSPS) is 33.3. The van der Waals surface area contributed by atoms with Crippen molar-refractivity contribution in [3.8, 4) is 10.6 Å². The largest absolute Gasteiger partial charge is 0.392 e. The van der Waals surface area contributed by atoms with E-state index >= 15 is 0 Å². The van der Waals surface area contributed by atoms with Gasteiger partial charge in [0.25, 0.3) is 0 Å². The van der Waals surface area contributed by atoms with Crippen molar-refractivity contribution in [1.82, 2.24) is 9.88 Å². The van der Waals surface area contributed by atoms with Crippen molar-refractivity contribution in [3.05, 3.63) is 40.9 Å². The number of morpholine rings is 1. The molecule has 2 aromatic rings. The number of aromatic nitrogens is 1. The molecule has 0 radical (unpaired) electrons. The molecule has 1 aromatic carbocycles. The Morgan fingerprint density at radius 1 is 1.28 bits per heavy atom. The number of hydrogen-bond donors (Lipinski definition) is 1. The van der Waals surface area contributed by atoms with E-state index in [4.69, 9.17) is 9.72 Å². The first-order valence-corrected chi connectivity index (χ1v) is 12.8. The summed E-state index contributed by atoms with van der Waals surface area (Å²) in [5.41, 5.74) is 2.36. The molecule has 5 nitrogen and oxygen atoms in total. The Balaban J connectivity index is 1.40. The van der Waals surface area contributed by atoms with Gasteiger partial charge in [-0.2, -0.15) is 0 Å². The number of ether oxygens (including phenoxy) is 1. The molecule has 1 N–H and O–H groups in total. The van der Waals surface area contributed by atoms with Crippen molar-refractivity contribution >= 4 is 17.2 Å². The highest BCUT2D eigenvalue weighted by Crippen LogP contribution is 2.57. The van der Waals surface area contributed by atoms with E-state index in [0.717, 1.165) is 35.5 Å². The number of aliphatic hydroxyl groups excluding tert-OH is 1. The summed E-state index contributed by atoms with van der Waals surface area (Å²) in [7, 11) is 0. The minimum atomic E-state index is -0.487. The molecule has 1 saturated heterocycles. The van der Waals surface area contributed by atoms with Crippen LogP contribution in [0.25, 0.3) is 10.6 Å². The maximum atomic E-state index is 13.2. The third kappa shape index (κ3) is 3.70. The smallest absolute Gasteiger partial charge is 0.225 e. The van der Waals surface area contributed by atoms with E-state index in [-0.39, 0.29) is 35.0 Å². The molecule has 32 heavy (non-hydrogen) atoms. The van der Waals surface area contributed by atoms with Crippen LogP contribution >= 0.6 is 11.3 Å². The number of benzene rings is 1. The van der Waals surface area contributed by atoms with Crippen LogP contribution in [0.5, 0.6) is 0 Å². The Labute approximate surface area is 194 Å². The van der Waals surface area contributed by atoms with Crippen molar-refractivity contribution in [3.63, 3.8) is 0 Å². The third-order valence-electron chi connectivity index (χ3n) is 8.30. The van der Waals surface area contributed by atoms with Gasteiger partial charge < -0.3 is 14.7 Å². The van der Waals surface area contributed by atoms with Gasteiger partial charge in [-0.25, -0.2) is 4.98 Å². The van der Waals surface area contributed by atoms with Gasteiger partial charge in [0.05, 0.1) is 25.0 Å². The van der Waals surface area contributed by atoms with Crippen LogP contribution in [0.15, 0.2) is 30.3 Å². The number of aliphatic hydroxyl groups is 1. The average Bonchev–Trinajstić information content (AvgIpc) is 3.23. The van der Waals surface area contributed by atoms with Crippen molar-refractivity contribution in [2.45, 2.75) is 52.1 Å². The maximum Gasteiger partial charge on any atom is 0.225 e. The monoisotopic (exact) mass is 454 g/mol. The molecule has 6 heteroatoms. The molecule has 1 aromatic heterocycles. The molecule has 1 saturated carbocycles. The fourth-order valence-electron chi connectivity index (χ4n) is 6.51. The van der Waals surface area contributed by atoms with Crippen LogP contribution in [0.4, 0.5) is 0 Å². The predicted molar refractivity (Wildman–Crippen MR) is 127 cm³/mol. The molecule has 172 valence electrons. The zero-order valence-corrected chi connectivity index (χ0v) is 20.1. The molecule has 1 unspecified atom stereocenters. The quantitative estimate of drug-likeness (QED) is 0.749. The first kappa shape index (κ1) is 22.1. The van der Waals surface area contributed by atoms with E-state index in [0.29, 0.717) is 26.3 Å². The number of hydrogen-bond acceptors (Lipinski definition) is 5. The number of rotatable bonds is 3. The molecule has 1 aliphatic heterocycles. The fourth-order valence-corrected chi connectivity index (χ4v) is 7.87. The maximum absolute atomic E-state index is 13.2. The standard InChI is InChI=1S/C26H34N2O3S/c1-16(25(30)28-11-13-31-14-12-28)19-9-10-26(3)15-20-22(17(2)21(26)23(19)29)27-24(32-20)18-7-5-4-6-8-18/h4-8,16-17,19,21,23,29H,9-15H2,1-3H3/t16-,17-,19?,21+,23-,26-/m0/s1. The van der Waals surface area contributed by atoms with Gasteiger partial charge >= 0.3 is 0 Å². The zero-order valence-electron chi connectivity index (χ0n) is 19.3. The van der Waals surface area contributed by atoms with Crippen LogP contribution in [0.1, 0.15) is 50.1 Å². The number of thiazole rings is 1. The van der Waals surface area contributed by atoms with E-state index < -0.39 is 6.10 Å². The fraction of sp³-hybridized carbons (Fsp3) is 0.615. The first-order valence-electron chi connectivity index (χ1n) is 12.0. The van der Waals surface area contributed by atoms with Gasteiger partial charge in [-0.15, -0.1) is 11.3 Å². The number of amides is 1. The van der Waals surface area contributed by atoms with Crippen LogP contribution < -0.4 is 0 Å². The molecule has 2 aliphatic carbocycles. The second-order valence-electron chi connectivity index (χ2n) is 10.3. The highest BCUT2D eigenvalue weighted by atomic mass is 32.1. The summed E-state index contributed by atoms with van der Waals surface area (Å²) in [5, 5.41) is 12.7. The second-order valence-corrected chi connectivity index (χ2v) is 11.3. The van der Waals surface area contributed by atoms with Crippen LogP contribution in [0.3, 0.4) is 0 Å². The van der Waals surface area contributed by atoms with Crippen molar-refractivity contribution in [2.24, 2.45) is 23.2 Å². The van der Waals surface area contributed by atoms with Crippen molar-refractivity contribution in [1.29, 1.82) is 0 Å². The Hall–Kier alpha value is -1.76. The summed E-state index contributed by atoms with van der Waals surface area (Å²) in [5.74, 6) is 0.307. The Bertz CT molecular complexity index is 971. The second kappa shape index (κ2) is 8.54. The lowest BCUT2D eigenvalue weighted by atomic mass is 9.53.